The zero-order valence-electron chi connectivity index (χ0n) is 12.5. The highest BCUT2D eigenvalue weighted by atomic mass is 19.4. The SMILES string of the molecule is COC(=O)C[C@@H]1C(=O)NCCN1Cc1cccc(C(F)(F)F)c1. The van der Waals surface area contributed by atoms with Gasteiger partial charge in [-0.15, -0.1) is 0 Å². The molecule has 126 valence electrons. The molecular weight excluding hydrogens is 313 g/mol. The van der Waals surface area contributed by atoms with Crippen molar-refractivity contribution in [1.29, 1.82) is 0 Å². The number of alkyl halides is 3. The molecule has 0 unspecified atom stereocenters. The van der Waals surface area contributed by atoms with Gasteiger partial charge in [0.1, 0.15) is 6.04 Å². The summed E-state index contributed by atoms with van der Waals surface area (Å²) in [7, 11) is 1.22. The number of esters is 1. The summed E-state index contributed by atoms with van der Waals surface area (Å²) in [6.45, 7) is 0.984. The lowest BCUT2D eigenvalue weighted by molar-refractivity contribution is -0.146. The Balaban J connectivity index is 2.16. The number of nitrogens with zero attached hydrogens (tertiary/aromatic N) is 1. The van der Waals surface area contributed by atoms with Gasteiger partial charge in [-0.3, -0.25) is 14.5 Å². The van der Waals surface area contributed by atoms with E-state index in [1.165, 1.54) is 13.2 Å². The Bertz CT molecular complexity index is 590. The quantitative estimate of drug-likeness (QED) is 0.852. The molecule has 23 heavy (non-hydrogen) atoms. The fourth-order valence-corrected chi connectivity index (χ4v) is 2.49. The number of hydrogen-bond donors (Lipinski definition) is 1. The molecule has 1 aliphatic rings. The van der Waals surface area contributed by atoms with Crippen LogP contribution in [0.2, 0.25) is 0 Å². The van der Waals surface area contributed by atoms with Crippen LogP contribution in [0.25, 0.3) is 0 Å². The molecule has 0 spiro atoms. The first-order valence-electron chi connectivity index (χ1n) is 7.06. The summed E-state index contributed by atoms with van der Waals surface area (Å²) in [5, 5.41) is 2.64. The van der Waals surface area contributed by atoms with Gasteiger partial charge in [0, 0.05) is 19.6 Å². The van der Waals surface area contributed by atoms with Gasteiger partial charge in [0.25, 0.3) is 0 Å². The summed E-state index contributed by atoms with van der Waals surface area (Å²) in [6.07, 6.45) is -4.55. The van der Waals surface area contributed by atoms with Crippen molar-refractivity contribution in [3.8, 4) is 0 Å². The molecule has 0 bridgehead atoms. The van der Waals surface area contributed by atoms with E-state index in [0.29, 0.717) is 18.7 Å². The van der Waals surface area contributed by atoms with E-state index in [-0.39, 0.29) is 18.9 Å². The third-order valence-corrected chi connectivity index (χ3v) is 3.67. The molecule has 1 aliphatic heterocycles. The highest BCUT2D eigenvalue weighted by Crippen LogP contribution is 2.30. The molecule has 2 rings (SSSR count). The molecule has 1 amide bonds. The number of halogens is 3. The molecule has 0 saturated carbocycles. The van der Waals surface area contributed by atoms with Crippen molar-refractivity contribution < 1.29 is 27.5 Å². The van der Waals surface area contributed by atoms with Gasteiger partial charge in [0.05, 0.1) is 19.1 Å². The number of piperazine rings is 1. The van der Waals surface area contributed by atoms with Gasteiger partial charge in [-0.25, -0.2) is 0 Å². The van der Waals surface area contributed by atoms with E-state index in [0.717, 1.165) is 12.1 Å². The Morgan fingerprint density at radius 2 is 2.17 bits per heavy atom. The normalized spacial score (nSPS) is 19.3. The fraction of sp³-hybridized carbons (Fsp3) is 0.467. The van der Waals surface area contributed by atoms with E-state index in [2.05, 4.69) is 10.1 Å². The summed E-state index contributed by atoms with van der Waals surface area (Å²) >= 11 is 0. The first-order chi connectivity index (χ1) is 10.8. The van der Waals surface area contributed by atoms with Gasteiger partial charge >= 0.3 is 12.1 Å². The van der Waals surface area contributed by atoms with Crippen LogP contribution in [0.3, 0.4) is 0 Å². The maximum atomic E-state index is 12.8. The maximum Gasteiger partial charge on any atom is 0.416 e. The molecule has 1 N–H and O–H groups in total. The van der Waals surface area contributed by atoms with Crippen LogP contribution in [0.4, 0.5) is 13.2 Å². The highest BCUT2D eigenvalue weighted by molar-refractivity contribution is 5.87. The average Bonchev–Trinajstić information content (AvgIpc) is 2.50. The number of methoxy groups -OCH3 is 1. The minimum atomic E-state index is -4.42. The standard InChI is InChI=1S/C15H17F3N2O3/c1-23-13(21)8-12-14(22)19-5-6-20(12)9-10-3-2-4-11(7-10)15(16,17)18/h2-4,7,12H,5-6,8-9H2,1H3,(H,19,22)/t12-/m1/s1. The minimum Gasteiger partial charge on any atom is -0.469 e. The number of carbonyl (C=O) groups is 2. The van der Waals surface area contributed by atoms with Crippen molar-refractivity contribution in [2.45, 2.75) is 25.2 Å². The van der Waals surface area contributed by atoms with Gasteiger partial charge in [0.15, 0.2) is 0 Å². The number of carbonyl (C=O) groups excluding carboxylic acids is 2. The van der Waals surface area contributed by atoms with Crippen molar-refractivity contribution in [3.05, 3.63) is 35.4 Å². The lowest BCUT2D eigenvalue weighted by Gasteiger charge is -2.34. The van der Waals surface area contributed by atoms with E-state index in [1.54, 1.807) is 11.0 Å². The predicted octanol–water partition coefficient (Wildman–Crippen LogP) is 1.57. The van der Waals surface area contributed by atoms with Crippen LogP contribution in [0.15, 0.2) is 24.3 Å². The molecule has 0 aliphatic carbocycles. The first kappa shape index (κ1) is 17.3. The third-order valence-electron chi connectivity index (χ3n) is 3.67. The summed E-state index contributed by atoms with van der Waals surface area (Å²) in [5.74, 6) is -0.866. The van der Waals surface area contributed by atoms with Crippen molar-refractivity contribution in [2.24, 2.45) is 0 Å². The lowest BCUT2D eigenvalue weighted by Crippen LogP contribution is -2.55. The Kier molecular flexibility index (Phi) is 5.25. The molecule has 1 aromatic carbocycles. The largest absolute Gasteiger partial charge is 0.469 e. The van der Waals surface area contributed by atoms with Gasteiger partial charge in [-0.05, 0) is 11.6 Å². The number of benzene rings is 1. The first-order valence-corrected chi connectivity index (χ1v) is 7.06. The molecule has 5 nitrogen and oxygen atoms in total. The summed E-state index contributed by atoms with van der Waals surface area (Å²) in [6, 6.07) is 4.21. The zero-order chi connectivity index (χ0) is 17.0. The number of hydrogen-bond acceptors (Lipinski definition) is 4. The highest BCUT2D eigenvalue weighted by Gasteiger charge is 2.33. The monoisotopic (exact) mass is 330 g/mol. The molecule has 1 heterocycles. The predicted molar refractivity (Wildman–Crippen MR) is 75.3 cm³/mol. The van der Waals surface area contributed by atoms with Crippen molar-refractivity contribution in [1.82, 2.24) is 10.2 Å². The Labute approximate surface area is 131 Å². The van der Waals surface area contributed by atoms with E-state index < -0.39 is 23.8 Å². The Hall–Kier alpha value is -2.09. The van der Waals surface area contributed by atoms with Gasteiger partial charge in [0.2, 0.25) is 5.91 Å². The second-order valence-electron chi connectivity index (χ2n) is 5.26. The van der Waals surface area contributed by atoms with Gasteiger partial charge in [-0.1, -0.05) is 18.2 Å². The van der Waals surface area contributed by atoms with E-state index in [4.69, 9.17) is 0 Å². The van der Waals surface area contributed by atoms with E-state index >= 15 is 0 Å². The van der Waals surface area contributed by atoms with Crippen LogP contribution in [0.1, 0.15) is 17.5 Å². The molecule has 0 radical (unpaired) electrons. The average molecular weight is 330 g/mol. The number of amides is 1. The second kappa shape index (κ2) is 6.99. The van der Waals surface area contributed by atoms with Crippen LogP contribution < -0.4 is 5.32 Å². The van der Waals surface area contributed by atoms with Crippen LogP contribution in [-0.4, -0.2) is 43.0 Å². The fourth-order valence-electron chi connectivity index (χ4n) is 2.49. The maximum absolute atomic E-state index is 12.8. The molecule has 8 heteroatoms. The Morgan fingerprint density at radius 1 is 1.43 bits per heavy atom. The summed E-state index contributed by atoms with van der Waals surface area (Å²) in [5.41, 5.74) is -0.301. The van der Waals surface area contributed by atoms with Crippen molar-refractivity contribution in [2.75, 3.05) is 20.2 Å². The van der Waals surface area contributed by atoms with Gasteiger partial charge < -0.3 is 10.1 Å². The molecule has 0 aromatic heterocycles. The van der Waals surface area contributed by atoms with E-state index in [9.17, 15) is 22.8 Å². The van der Waals surface area contributed by atoms with E-state index in [1.807, 2.05) is 0 Å². The third kappa shape index (κ3) is 4.44. The summed E-state index contributed by atoms with van der Waals surface area (Å²) < 4.78 is 42.9. The molecule has 1 aromatic rings. The van der Waals surface area contributed by atoms with Crippen LogP contribution in [0.5, 0.6) is 0 Å². The van der Waals surface area contributed by atoms with Crippen LogP contribution >= 0.6 is 0 Å². The smallest absolute Gasteiger partial charge is 0.416 e. The van der Waals surface area contributed by atoms with Crippen molar-refractivity contribution >= 4 is 11.9 Å². The number of ether oxygens (including phenoxy) is 1. The summed E-state index contributed by atoms with van der Waals surface area (Å²) in [4.78, 5) is 25.0. The molecule has 1 atom stereocenters. The topological polar surface area (TPSA) is 58.6 Å². The molecular formula is C15H17F3N2O3. The van der Waals surface area contributed by atoms with Crippen LogP contribution in [-0.2, 0) is 27.0 Å². The lowest BCUT2D eigenvalue weighted by atomic mass is 10.1. The van der Waals surface area contributed by atoms with Crippen LogP contribution in [0, 0.1) is 0 Å². The zero-order valence-corrected chi connectivity index (χ0v) is 12.5. The van der Waals surface area contributed by atoms with Gasteiger partial charge in [-0.2, -0.15) is 13.2 Å². The number of rotatable bonds is 4. The molecule has 1 fully saturated rings. The molecule has 1 saturated heterocycles. The second-order valence-corrected chi connectivity index (χ2v) is 5.26. The minimum absolute atomic E-state index is 0.138. The Morgan fingerprint density at radius 3 is 2.83 bits per heavy atom. The van der Waals surface area contributed by atoms with Crippen molar-refractivity contribution in [3.63, 3.8) is 0 Å². The number of nitrogens with one attached hydrogen (secondary N) is 1.